The van der Waals surface area contributed by atoms with E-state index in [4.69, 9.17) is 16.6 Å². The average Bonchev–Trinajstić information content (AvgIpc) is 2.46. The number of benzene rings is 1. The average molecular weight is 305 g/mol. The van der Waals surface area contributed by atoms with Crippen LogP contribution in [0.25, 0.3) is 10.9 Å². The maximum absolute atomic E-state index is 10.1. The monoisotopic (exact) mass is 304 g/mol. The maximum atomic E-state index is 10.1. The van der Waals surface area contributed by atoms with Gasteiger partial charge in [-0.05, 0) is 62.9 Å². The van der Waals surface area contributed by atoms with Crippen molar-refractivity contribution >= 4 is 28.3 Å². The van der Waals surface area contributed by atoms with Gasteiger partial charge in [0.2, 0.25) is 0 Å². The molecule has 0 unspecified atom stereocenters. The van der Waals surface area contributed by atoms with E-state index in [2.05, 4.69) is 17.0 Å². The van der Waals surface area contributed by atoms with Gasteiger partial charge in [0.15, 0.2) is 0 Å². The van der Waals surface area contributed by atoms with Gasteiger partial charge in [-0.3, -0.25) is 0 Å². The van der Waals surface area contributed by atoms with Crippen LogP contribution < -0.4 is 4.90 Å². The molecule has 3 nitrogen and oxygen atoms in total. The smallest absolute Gasteiger partial charge is 0.129 e. The number of pyridine rings is 1. The van der Waals surface area contributed by atoms with Gasteiger partial charge < -0.3 is 10.0 Å². The van der Waals surface area contributed by atoms with Crippen molar-refractivity contribution in [2.45, 2.75) is 32.3 Å². The lowest BCUT2D eigenvalue weighted by Crippen LogP contribution is -2.42. The second kappa shape index (κ2) is 5.47. The highest BCUT2D eigenvalue weighted by molar-refractivity contribution is 6.31. The van der Waals surface area contributed by atoms with Gasteiger partial charge in [0.1, 0.15) is 5.82 Å². The largest absolute Gasteiger partial charge is 0.390 e. The van der Waals surface area contributed by atoms with Gasteiger partial charge in [-0.2, -0.15) is 0 Å². The van der Waals surface area contributed by atoms with E-state index in [1.54, 1.807) is 0 Å². The van der Waals surface area contributed by atoms with Gasteiger partial charge in [-0.25, -0.2) is 4.98 Å². The molecule has 0 atom stereocenters. The first-order valence-electron chi connectivity index (χ1n) is 7.47. The Bertz CT molecular complexity index is 643. The van der Waals surface area contributed by atoms with Crippen LogP contribution in [-0.4, -0.2) is 28.8 Å². The summed E-state index contributed by atoms with van der Waals surface area (Å²) in [5.74, 6) is 1.38. The molecular weight excluding hydrogens is 284 g/mol. The van der Waals surface area contributed by atoms with Crippen LogP contribution in [0.15, 0.2) is 30.3 Å². The van der Waals surface area contributed by atoms with Crippen molar-refractivity contribution in [1.82, 2.24) is 4.98 Å². The minimum absolute atomic E-state index is 0.369. The number of hydrogen-bond acceptors (Lipinski definition) is 3. The standard InChI is InChI=1S/C17H21ClN2O/c1-17(2,21)13-7-9-20(10-8-13)16-6-3-12-11-14(18)4-5-15(12)19-16/h3-6,11,13,21H,7-10H2,1-2H3. The molecule has 2 heterocycles. The van der Waals surface area contributed by atoms with Crippen molar-refractivity contribution in [1.29, 1.82) is 0 Å². The third kappa shape index (κ3) is 3.14. The second-order valence-corrected chi connectivity index (χ2v) is 6.86. The number of nitrogens with zero attached hydrogens (tertiary/aromatic N) is 2. The number of rotatable bonds is 2. The summed E-state index contributed by atoms with van der Waals surface area (Å²) in [6, 6.07) is 9.91. The molecule has 0 bridgehead atoms. The summed E-state index contributed by atoms with van der Waals surface area (Å²) < 4.78 is 0. The first kappa shape index (κ1) is 14.6. The number of anilines is 1. The predicted molar refractivity (Wildman–Crippen MR) is 88.0 cm³/mol. The Morgan fingerprint density at radius 3 is 2.57 bits per heavy atom. The number of halogens is 1. The molecule has 1 aromatic carbocycles. The Balaban J connectivity index is 1.78. The van der Waals surface area contributed by atoms with E-state index in [9.17, 15) is 5.11 Å². The normalized spacial score (nSPS) is 17.4. The van der Waals surface area contributed by atoms with E-state index in [1.807, 2.05) is 32.0 Å². The van der Waals surface area contributed by atoms with Gasteiger partial charge in [0.25, 0.3) is 0 Å². The number of aliphatic hydroxyl groups is 1. The van der Waals surface area contributed by atoms with Crippen LogP contribution >= 0.6 is 11.6 Å². The summed E-state index contributed by atoms with van der Waals surface area (Å²) in [4.78, 5) is 7.03. The van der Waals surface area contributed by atoms with E-state index >= 15 is 0 Å². The fourth-order valence-corrected chi connectivity index (χ4v) is 3.26. The van der Waals surface area contributed by atoms with Crippen molar-refractivity contribution in [2.75, 3.05) is 18.0 Å². The molecular formula is C17H21ClN2O. The molecule has 0 amide bonds. The van der Waals surface area contributed by atoms with E-state index in [0.29, 0.717) is 5.92 Å². The SMILES string of the molecule is CC(C)(O)C1CCN(c2ccc3cc(Cl)ccc3n2)CC1. The minimum atomic E-state index is -0.584. The third-order valence-corrected chi connectivity index (χ3v) is 4.69. The van der Waals surface area contributed by atoms with Crippen LogP contribution in [0.1, 0.15) is 26.7 Å². The predicted octanol–water partition coefficient (Wildman–Crippen LogP) is 3.88. The maximum Gasteiger partial charge on any atom is 0.129 e. The van der Waals surface area contributed by atoms with Crippen molar-refractivity contribution in [2.24, 2.45) is 5.92 Å². The van der Waals surface area contributed by atoms with Crippen LogP contribution in [0.3, 0.4) is 0 Å². The Morgan fingerprint density at radius 1 is 1.19 bits per heavy atom. The summed E-state index contributed by atoms with van der Waals surface area (Å²) in [6.45, 7) is 5.71. The summed E-state index contributed by atoms with van der Waals surface area (Å²) in [7, 11) is 0. The van der Waals surface area contributed by atoms with Gasteiger partial charge in [-0.1, -0.05) is 11.6 Å². The quantitative estimate of drug-likeness (QED) is 0.915. The molecule has 21 heavy (non-hydrogen) atoms. The van der Waals surface area contributed by atoms with Gasteiger partial charge in [0, 0.05) is 23.5 Å². The Hall–Kier alpha value is -1.32. The van der Waals surface area contributed by atoms with Crippen molar-refractivity contribution in [3.8, 4) is 0 Å². The first-order valence-corrected chi connectivity index (χ1v) is 7.85. The molecule has 1 saturated heterocycles. The molecule has 1 N–H and O–H groups in total. The summed E-state index contributed by atoms with van der Waals surface area (Å²) in [5, 5.41) is 11.9. The zero-order chi connectivity index (χ0) is 15.0. The highest BCUT2D eigenvalue weighted by atomic mass is 35.5. The Kier molecular flexibility index (Phi) is 3.80. The summed E-state index contributed by atoms with van der Waals surface area (Å²) in [5.41, 5.74) is 0.390. The first-order chi connectivity index (χ1) is 9.93. The van der Waals surface area contributed by atoms with E-state index in [0.717, 1.165) is 47.7 Å². The molecule has 1 aliphatic rings. The molecule has 0 spiro atoms. The van der Waals surface area contributed by atoms with Gasteiger partial charge in [0.05, 0.1) is 11.1 Å². The van der Waals surface area contributed by atoms with Crippen LogP contribution in [0.4, 0.5) is 5.82 Å². The van der Waals surface area contributed by atoms with Gasteiger partial charge in [-0.15, -0.1) is 0 Å². The number of piperidine rings is 1. The highest BCUT2D eigenvalue weighted by Crippen LogP contribution is 2.30. The lowest BCUT2D eigenvalue weighted by atomic mass is 9.83. The van der Waals surface area contributed by atoms with E-state index in [-0.39, 0.29) is 0 Å². The number of aromatic nitrogens is 1. The van der Waals surface area contributed by atoms with Crippen molar-refractivity contribution in [3.63, 3.8) is 0 Å². The minimum Gasteiger partial charge on any atom is -0.390 e. The molecule has 0 radical (unpaired) electrons. The summed E-state index contributed by atoms with van der Waals surface area (Å²) >= 11 is 6.00. The number of hydrogen-bond donors (Lipinski definition) is 1. The van der Waals surface area contributed by atoms with Crippen LogP contribution in [0, 0.1) is 5.92 Å². The fourth-order valence-electron chi connectivity index (χ4n) is 3.08. The topological polar surface area (TPSA) is 36.4 Å². The Labute approximate surface area is 130 Å². The Morgan fingerprint density at radius 2 is 1.90 bits per heavy atom. The fraction of sp³-hybridized carbons (Fsp3) is 0.471. The third-order valence-electron chi connectivity index (χ3n) is 4.45. The van der Waals surface area contributed by atoms with Gasteiger partial charge >= 0.3 is 0 Å². The van der Waals surface area contributed by atoms with E-state index in [1.165, 1.54) is 0 Å². The van der Waals surface area contributed by atoms with Crippen LogP contribution in [0.5, 0.6) is 0 Å². The number of fused-ring (bicyclic) bond motifs is 1. The van der Waals surface area contributed by atoms with Crippen LogP contribution in [0.2, 0.25) is 5.02 Å². The molecule has 4 heteroatoms. The zero-order valence-electron chi connectivity index (χ0n) is 12.5. The lowest BCUT2D eigenvalue weighted by Gasteiger charge is -2.38. The van der Waals surface area contributed by atoms with Crippen molar-refractivity contribution in [3.05, 3.63) is 35.4 Å². The molecule has 1 aliphatic heterocycles. The van der Waals surface area contributed by atoms with E-state index < -0.39 is 5.60 Å². The molecule has 0 saturated carbocycles. The molecule has 1 fully saturated rings. The molecule has 112 valence electrons. The van der Waals surface area contributed by atoms with Crippen molar-refractivity contribution < 1.29 is 5.11 Å². The molecule has 0 aliphatic carbocycles. The molecule has 1 aromatic heterocycles. The van der Waals surface area contributed by atoms with Crippen LogP contribution in [-0.2, 0) is 0 Å². The molecule has 3 rings (SSSR count). The summed E-state index contributed by atoms with van der Waals surface area (Å²) in [6.07, 6.45) is 2.01. The zero-order valence-corrected chi connectivity index (χ0v) is 13.3. The molecule has 2 aromatic rings. The highest BCUT2D eigenvalue weighted by Gasteiger charge is 2.30. The lowest BCUT2D eigenvalue weighted by molar-refractivity contribution is 0.00646. The second-order valence-electron chi connectivity index (χ2n) is 6.42.